The van der Waals surface area contributed by atoms with Crippen molar-refractivity contribution >= 4 is 5.91 Å². The average molecular weight is 247 g/mol. The molecule has 0 atom stereocenters. The largest absolute Gasteiger partial charge is 0.337 e. The number of halogens is 1. The van der Waals surface area contributed by atoms with Crippen LogP contribution in [0, 0.1) is 5.82 Å². The second kappa shape index (κ2) is 5.00. The number of carbonyl (C=O) groups excluding carboxylic acids is 1. The van der Waals surface area contributed by atoms with E-state index in [1.54, 1.807) is 22.8 Å². The number of nitrogens with zero attached hydrogens (tertiary/aromatic N) is 3. The molecular formula is C13H14FN3O. The summed E-state index contributed by atoms with van der Waals surface area (Å²) in [5.41, 5.74) is 1.43. The zero-order chi connectivity index (χ0) is 13.1. The first-order valence-corrected chi connectivity index (χ1v) is 5.55. The van der Waals surface area contributed by atoms with E-state index in [0.29, 0.717) is 12.1 Å². The molecule has 0 aliphatic rings. The lowest BCUT2D eigenvalue weighted by Crippen LogP contribution is -2.26. The maximum absolute atomic E-state index is 12.8. The number of hydrogen-bond acceptors (Lipinski definition) is 2. The van der Waals surface area contributed by atoms with Gasteiger partial charge in [0.1, 0.15) is 5.82 Å². The number of rotatable bonds is 3. The lowest BCUT2D eigenvalue weighted by atomic mass is 10.2. The number of aryl methyl sites for hydroxylation is 1. The molecule has 4 nitrogen and oxygen atoms in total. The molecule has 0 aliphatic carbocycles. The van der Waals surface area contributed by atoms with E-state index in [0.717, 1.165) is 5.56 Å². The molecule has 1 aromatic heterocycles. The van der Waals surface area contributed by atoms with Gasteiger partial charge in [-0.1, -0.05) is 0 Å². The van der Waals surface area contributed by atoms with Crippen LogP contribution in [0.25, 0.3) is 0 Å². The van der Waals surface area contributed by atoms with Gasteiger partial charge in [-0.2, -0.15) is 5.10 Å². The van der Waals surface area contributed by atoms with Crippen molar-refractivity contribution < 1.29 is 9.18 Å². The van der Waals surface area contributed by atoms with Crippen LogP contribution in [0.15, 0.2) is 36.7 Å². The summed E-state index contributed by atoms with van der Waals surface area (Å²) in [5, 5.41) is 4.04. The Morgan fingerprint density at radius 2 is 2.06 bits per heavy atom. The van der Waals surface area contributed by atoms with Crippen LogP contribution in [0.4, 0.5) is 4.39 Å². The molecule has 1 amide bonds. The number of benzene rings is 1. The Morgan fingerprint density at radius 3 is 2.61 bits per heavy atom. The van der Waals surface area contributed by atoms with Crippen LogP contribution in [0.2, 0.25) is 0 Å². The molecule has 0 fully saturated rings. The molecule has 18 heavy (non-hydrogen) atoms. The lowest BCUT2D eigenvalue weighted by Gasteiger charge is -2.16. The smallest absolute Gasteiger partial charge is 0.253 e. The van der Waals surface area contributed by atoms with E-state index < -0.39 is 0 Å². The summed E-state index contributed by atoms with van der Waals surface area (Å²) < 4.78 is 14.5. The molecule has 0 aliphatic heterocycles. The van der Waals surface area contributed by atoms with Gasteiger partial charge in [0, 0.05) is 38.0 Å². The third kappa shape index (κ3) is 2.74. The SMILES string of the molecule is CN(Cc1cnn(C)c1)C(=O)c1ccc(F)cc1. The zero-order valence-electron chi connectivity index (χ0n) is 10.3. The molecular weight excluding hydrogens is 233 g/mol. The summed E-state index contributed by atoms with van der Waals surface area (Å²) in [6.07, 6.45) is 3.57. The highest BCUT2D eigenvalue weighted by Gasteiger charge is 2.12. The normalized spacial score (nSPS) is 10.4. The Bertz CT molecular complexity index is 548. The molecule has 0 unspecified atom stereocenters. The minimum atomic E-state index is -0.346. The third-order valence-electron chi connectivity index (χ3n) is 2.62. The maximum Gasteiger partial charge on any atom is 0.253 e. The Hall–Kier alpha value is -2.17. The van der Waals surface area contributed by atoms with Crippen LogP contribution in [0.5, 0.6) is 0 Å². The molecule has 2 rings (SSSR count). The zero-order valence-corrected chi connectivity index (χ0v) is 10.3. The van der Waals surface area contributed by atoms with Crippen LogP contribution >= 0.6 is 0 Å². The summed E-state index contributed by atoms with van der Waals surface area (Å²) in [6, 6.07) is 5.53. The fourth-order valence-corrected chi connectivity index (χ4v) is 1.71. The van der Waals surface area contributed by atoms with E-state index in [1.807, 2.05) is 13.2 Å². The van der Waals surface area contributed by atoms with Crippen molar-refractivity contribution in [2.45, 2.75) is 6.54 Å². The quantitative estimate of drug-likeness (QED) is 0.830. The molecule has 0 saturated heterocycles. The molecule has 5 heteroatoms. The second-order valence-electron chi connectivity index (χ2n) is 4.19. The van der Waals surface area contributed by atoms with Crippen molar-refractivity contribution in [3.63, 3.8) is 0 Å². The number of aromatic nitrogens is 2. The highest BCUT2D eigenvalue weighted by molar-refractivity contribution is 5.93. The molecule has 0 saturated carbocycles. The molecule has 94 valence electrons. The van der Waals surface area contributed by atoms with E-state index in [1.165, 1.54) is 24.3 Å². The topological polar surface area (TPSA) is 38.1 Å². The van der Waals surface area contributed by atoms with Crippen molar-refractivity contribution in [1.82, 2.24) is 14.7 Å². The molecule has 0 N–H and O–H groups in total. The molecule has 2 aromatic rings. The maximum atomic E-state index is 12.8. The van der Waals surface area contributed by atoms with E-state index in [9.17, 15) is 9.18 Å². The first-order chi connectivity index (χ1) is 8.56. The van der Waals surface area contributed by atoms with Crippen molar-refractivity contribution in [2.75, 3.05) is 7.05 Å². The number of hydrogen-bond donors (Lipinski definition) is 0. The summed E-state index contributed by atoms with van der Waals surface area (Å²) in [4.78, 5) is 13.6. The predicted molar refractivity (Wildman–Crippen MR) is 65.4 cm³/mol. The van der Waals surface area contributed by atoms with Crippen molar-refractivity contribution in [1.29, 1.82) is 0 Å². The van der Waals surface area contributed by atoms with Crippen LogP contribution in [-0.4, -0.2) is 27.6 Å². The molecule has 1 heterocycles. The van der Waals surface area contributed by atoms with E-state index in [-0.39, 0.29) is 11.7 Å². The first-order valence-electron chi connectivity index (χ1n) is 5.55. The molecule has 1 aromatic carbocycles. The summed E-state index contributed by atoms with van der Waals surface area (Å²) in [5.74, 6) is -0.486. The highest BCUT2D eigenvalue weighted by atomic mass is 19.1. The Kier molecular flexibility index (Phi) is 3.41. The fourth-order valence-electron chi connectivity index (χ4n) is 1.71. The summed E-state index contributed by atoms with van der Waals surface area (Å²) in [7, 11) is 3.53. The Balaban J connectivity index is 2.07. The number of carbonyl (C=O) groups is 1. The van der Waals surface area contributed by atoms with Crippen molar-refractivity contribution in [2.24, 2.45) is 7.05 Å². The Morgan fingerprint density at radius 1 is 1.39 bits per heavy atom. The second-order valence-corrected chi connectivity index (χ2v) is 4.19. The fraction of sp³-hybridized carbons (Fsp3) is 0.231. The van der Waals surface area contributed by atoms with Gasteiger partial charge in [0.2, 0.25) is 0 Å². The van der Waals surface area contributed by atoms with Crippen molar-refractivity contribution in [3.8, 4) is 0 Å². The summed E-state index contributed by atoms with van der Waals surface area (Å²) >= 11 is 0. The third-order valence-corrected chi connectivity index (χ3v) is 2.62. The highest BCUT2D eigenvalue weighted by Crippen LogP contribution is 2.08. The molecule has 0 bridgehead atoms. The van der Waals surface area contributed by atoms with Gasteiger partial charge >= 0.3 is 0 Å². The van der Waals surface area contributed by atoms with Gasteiger partial charge in [0.25, 0.3) is 5.91 Å². The van der Waals surface area contributed by atoms with E-state index in [4.69, 9.17) is 0 Å². The minimum Gasteiger partial charge on any atom is -0.337 e. The van der Waals surface area contributed by atoms with Gasteiger partial charge in [-0.3, -0.25) is 9.48 Å². The first kappa shape index (κ1) is 12.3. The molecule has 0 radical (unpaired) electrons. The van der Waals surface area contributed by atoms with Gasteiger partial charge in [-0.25, -0.2) is 4.39 Å². The van der Waals surface area contributed by atoms with Crippen LogP contribution in [-0.2, 0) is 13.6 Å². The van der Waals surface area contributed by atoms with Crippen LogP contribution in [0.3, 0.4) is 0 Å². The van der Waals surface area contributed by atoms with E-state index in [2.05, 4.69) is 5.10 Å². The average Bonchev–Trinajstić information content (AvgIpc) is 2.75. The van der Waals surface area contributed by atoms with Crippen LogP contribution in [0.1, 0.15) is 15.9 Å². The van der Waals surface area contributed by atoms with E-state index >= 15 is 0 Å². The lowest BCUT2D eigenvalue weighted by molar-refractivity contribution is 0.0785. The van der Waals surface area contributed by atoms with Gasteiger partial charge in [-0.15, -0.1) is 0 Å². The minimum absolute atomic E-state index is 0.140. The van der Waals surface area contributed by atoms with Gasteiger partial charge in [0.05, 0.1) is 6.20 Å². The molecule has 0 spiro atoms. The monoisotopic (exact) mass is 247 g/mol. The standard InChI is InChI=1S/C13H14FN3O/c1-16(8-10-7-15-17(2)9-10)13(18)11-3-5-12(14)6-4-11/h3-7,9H,8H2,1-2H3. The van der Waals surface area contributed by atoms with Gasteiger partial charge in [-0.05, 0) is 24.3 Å². The van der Waals surface area contributed by atoms with Gasteiger partial charge < -0.3 is 4.90 Å². The van der Waals surface area contributed by atoms with Crippen molar-refractivity contribution in [3.05, 3.63) is 53.6 Å². The Labute approximate surface area is 105 Å². The predicted octanol–water partition coefficient (Wildman–Crippen LogP) is 1.83. The van der Waals surface area contributed by atoms with Gasteiger partial charge in [0.15, 0.2) is 0 Å². The number of amides is 1. The van der Waals surface area contributed by atoms with Crippen LogP contribution < -0.4 is 0 Å². The summed E-state index contributed by atoms with van der Waals surface area (Å²) in [6.45, 7) is 0.476.